The van der Waals surface area contributed by atoms with Gasteiger partial charge in [0.25, 0.3) is 0 Å². The third-order valence-electron chi connectivity index (χ3n) is 8.46. The van der Waals surface area contributed by atoms with Crippen LogP contribution in [0.1, 0.15) is 39.9 Å². The van der Waals surface area contributed by atoms with Crippen molar-refractivity contribution in [3.05, 3.63) is 81.4 Å². The van der Waals surface area contributed by atoms with Crippen LogP contribution in [0, 0.1) is 11.6 Å². The molecule has 3 aromatic rings. The minimum Gasteiger partial charge on any atom is -0.489 e. The van der Waals surface area contributed by atoms with Gasteiger partial charge in [-0.25, -0.2) is 8.78 Å². The van der Waals surface area contributed by atoms with Gasteiger partial charge in [0.05, 0.1) is 35.3 Å². The fraction of sp³-hybridized carbons (Fsp3) is 0.345. The molecule has 0 bridgehead atoms. The quantitative estimate of drug-likeness (QED) is 0.506. The van der Waals surface area contributed by atoms with Gasteiger partial charge in [0, 0.05) is 34.7 Å². The van der Waals surface area contributed by atoms with Crippen molar-refractivity contribution in [1.29, 1.82) is 0 Å². The van der Waals surface area contributed by atoms with Crippen molar-refractivity contribution < 1.29 is 27.8 Å². The number of carbonyl (C=O) groups is 1. The number of fused-ring (bicyclic) bond motifs is 3. The number of nitrogens with one attached hydrogen (secondary N) is 1. The zero-order valence-electron chi connectivity index (χ0n) is 20.4. The molecule has 7 rings (SSSR count). The van der Waals surface area contributed by atoms with Crippen molar-refractivity contribution in [2.45, 2.75) is 36.3 Å². The summed E-state index contributed by atoms with van der Waals surface area (Å²) >= 11 is 6.58. The predicted octanol–water partition coefficient (Wildman–Crippen LogP) is 4.63. The number of benzene rings is 3. The minimum absolute atomic E-state index is 0.0214. The minimum atomic E-state index is -0.865. The van der Waals surface area contributed by atoms with Gasteiger partial charge < -0.3 is 25.3 Å². The van der Waals surface area contributed by atoms with E-state index >= 15 is 8.78 Å². The summed E-state index contributed by atoms with van der Waals surface area (Å²) in [5.41, 5.74) is 6.20. The van der Waals surface area contributed by atoms with Gasteiger partial charge in [-0.1, -0.05) is 41.9 Å². The number of ether oxygens (including phenoxy) is 3. The second-order valence-corrected chi connectivity index (χ2v) is 11.0. The van der Waals surface area contributed by atoms with Crippen LogP contribution in [0.25, 0.3) is 11.1 Å². The Morgan fingerprint density at radius 3 is 2.55 bits per heavy atom. The molecule has 2 atom stereocenters. The molecule has 3 N–H and O–H groups in total. The van der Waals surface area contributed by atoms with E-state index in [0.717, 1.165) is 24.9 Å². The molecule has 0 radical (unpaired) electrons. The Hall–Kier alpha value is -3.20. The van der Waals surface area contributed by atoms with Crippen molar-refractivity contribution >= 4 is 17.5 Å². The lowest BCUT2D eigenvalue weighted by atomic mass is 9.77. The van der Waals surface area contributed by atoms with E-state index in [1.165, 1.54) is 6.07 Å². The molecule has 0 saturated carbocycles. The number of hydrogen-bond acceptors (Lipinski definition) is 5. The van der Waals surface area contributed by atoms with Gasteiger partial charge in [-0.05, 0) is 31.0 Å². The summed E-state index contributed by atoms with van der Waals surface area (Å²) < 4.78 is 49.5. The Balaban J connectivity index is 1.46. The first-order valence-electron chi connectivity index (χ1n) is 12.7. The average Bonchev–Trinajstić information content (AvgIpc) is 3.63. The van der Waals surface area contributed by atoms with E-state index in [9.17, 15) is 4.79 Å². The number of primary amides is 1. The van der Waals surface area contributed by atoms with Gasteiger partial charge in [0.15, 0.2) is 17.2 Å². The summed E-state index contributed by atoms with van der Waals surface area (Å²) in [6, 6.07) is 12.5. The Kier molecular flexibility index (Phi) is 5.28. The highest BCUT2D eigenvalue weighted by molar-refractivity contribution is 6.34. The normalized spacial score (nSPS) is 24.4. The van der Waals surface area contributed by atoms with Crippen molar-refractivity contribution in [3.63, 3.8) is 0 Å². The van der Waals surface area contributed by atoms with Crippen molar-refractivity contribution in [2.75, 3.05) is 26.4 Å². The van der Waals surface area contributed by atoms with Gasteiger partial charge in [-0.3, -0.25) is 4.79 Å². The number of nitrogens with two attached hydrogens (primary N) is 1. The largest absolute Gasteiger partial charge is 0.489 e. The van der Waals surface area contributed by atoms with Crippen LogP contribution in [0.5, 0.6) is 11.5 Å². The SMILES string of the molecule is NC(=O)c1cc2c(c(F)c1-c1c(Cl)c(F)cc3c1C[C@](c1ccccc1)([C@@H]1CCCN1)O3)OCC21COC1. The maximum Gasteiger partial charge on any atom is 0.249 e. The van der Waals surface area contributed by atoms with Gasteiger partial charge in [0.1, 0.15) is 18.2 Å². The second kappa shape index (κ2) is 8.40. The third-order valence-corrected chi connectivity index (χ3v) is 8.83. The molecule has 6 nitrogen and oxygen atoms in total. The van der Waals surface area contributed by atoms with Crippen LogP contribution in [-0.4, -0.2) is 38.3 Å². The van der Waals surface area contributed by atoms with Crippen molar-refractivity contribution in [1.82, 2.24) is 5.32 Å². The zero-order valence-corrected chi connectivity index (χ0v) is 21.2. The van der Waals surface area contributed by atoms with Crippen molar-refractivity contribution in [2.24, 2.45) is 5.73 Å². The van der Waals surface area contributed by atoms with Gasteiger partial charge in [-0.2, -0.15) is 0 Å². The zero-order chi connectivity index (χ0) is 26.2. The van der Waals surface area contributed by atoms with Crippen LogP contribution in [0.2, 0.25) is 5.02 Å². The van der Waals surface area contributed by atoms with Gasteiger partial charge in [-0.15, -0.1) is 0 Å². The lowest BCUT2D eigenvalue weighted by molar-refractivity contribution is -0.0667. The maximum absolute atomic E-state index is 16.4. The summed E-state index contributed by atoms with van der Waals surface area (Å²) in [5.74, 6) is -2.12. The Morgan fingerprint density at radius 2 is 1.89 bits per heavy atom. The lowest BCUT2D eigenvalue weighted by Crippen LogP contribution is -2.48. The molecule has 0 aliphatic carbocycles. The molecule has 0 aromatic heterocycles. The molecule has 4 aliphatic heterocycles. The summed E-state index contributed by atoms with van der Waals surface area (Å²) in [5, 5.41) is 3.23. The first-order valence-corrected chi connectivity index (χ1v) is 13.1. The molecular weight excluding hydrogens is 514 g/mol. The molecule has 4 aliphatic rings. The predicted molar refractivity (Wildman–Crippen MR) is 137 cm³/mol. The van der Waals surface area contributed by atoms with E-state index in [-0.39, 0.29) is 45.9 Å². The summed E-state index contributed by atoms with van der Waals surface area (Å²) in [4.78, 5) is 12.7. The number of amides is 1. The summed E-state index contributed by atoms with van der Waals surface area (Å²) in [7, 11) is 0. The van der Waals surface area contributed by atoms with Crippen LogP contribution >= 0.6 is 11.6 Å². The van der Waals surface area contributed by atoms with Crippen molar-refractivity contribution in [3.8, 4) is 22.6 Å². The maximum atomic E-state index is 16.4. The fourth-order valence-corrected chi connectivity index (χ4v) is 6.77. The highest BCUT2D eigenvalue weighted by Crippen LogP contribution is 2.54. The molecule has 1 spiro atoms. The fourth-order valence-electron chi connectivity index (χ4n) is 6.50. The Morgan fingerprint density at radius 1 is 1.11 bits per heavy atom. The molecule has 196 valence electrons. The summed E-state index contributed by atoms with van der Waals surface area (Å²) in [6.45, 7) is 1.77. The standard InChI is InChI=1S/C29H25ClF2N2O4/c30-24-19(31)10-20-17(11-29(38-20,21-7-4-8-34-21)15-5-2-1-3-6-15)22(24)23-16(27(33)35)9-18-26(25(23)32)37-14-28(18)12-36-13-28/h1-3,5-6,9-10,21,34H,4,7-8,11-14H2,(H2,33,35)/t21-,29-/m0/s1. The number of hydrogen-bond donors (Lipinski definition) is 2. The number of carbonyl (C=O) groups excluding carboxylic acids is 1. The highest BCUT2D eigenvalue weighted by atomic mass is 35.5. The van der Waals surface area contributed by atoms with E-state index in [4.69, 9.17) is 31.5 Å². The molecule has 2 saturated heterocycles. The monoisotopic (exact) mass is 538 g/mol. The van der Waals surface area contributed by atoms with Gasteiger partial charge in [0.2, 0.25) is 5.91 Å². The van der Waals surface area contributed by atoms with Crippen LogP contribution in [-0.2, 0) is 22.2 Å². The van der Waals surface area contributed by atoms with E-state index in [0.29, 0.717) is 30.8 Å². The van der Waals surface area contributed by atoms with Gasteiger partial charge >= 0.3 is 0 Å². The molecule has 38 heavy (non-hydrogen) atoms. The Labute approximate surface area is 223 Å². The third kappa shape index (κ3) is 3.20. The lowest BCUT2D eigenvalue weighted by Gasteiger charge is -2.36. The second-order valence-electron chi connectivity index (χ2n) is 10.6. The number of halogens is 3. The molecular formula is C29H25ClF2N2O4. The first kappa shape index (κ1) is 23.9. The van der Waals surface area contributed by atoms with E-state index in [1.807, 2.05) is 30.3 Å². The van der Waals surface area contributed by atoms with E-state index < -0.39 is 28.6 Å². The molecule has 3 aromatic carbocycles. The smallest absolute Gasteiger partial charge is 0.249 e. The number of rotatable bonds is 4. The first-order chi connectivity index (χ1) is 18.3. The van der Waals surface area contributed by atoms with E-state index in [2.05, 4.69) is 5.32 Å². The average molecular weight is 539 g/mol. The van der Waals surface area contributed by atoms with Crippen LogP contribution in [0.15, 0.2) is 42.5 Å². The Bertz CT molecular complexity index is 1490. The van der Waals surface area contributed by atoms with Crippen LogP contribution in [0.4, 0.5) is 8.78 Å². The van der Waals surface area contributed by atoms with Crippen LogP contribution in [0.3, 0.4) is 0 Å². The van der Waals surface area contributed by atoms with Crippen LogP contribution < -0.4 is 20.5 Å². The highest BCUT2D eigenvalue weighted by Gasteiger charge is 2.52. The van der Waals surface area contributed by atoms with E-state index in [1.54, 1.807) is 6.07 Å². The summed E-state index contributed by atoms with van der Waals surface area (Å²) in [6.07, 6.45) is 2.12. The molecule has 2 fully saturated rings. The molecule has 0 unspecified atom stereocenters. The molecule has 1 amide bonds. The molecule has 4 heterocycles. The topological polar surface area (TPSA) is 82.8 Å². The molecule has 9 heteroatoms.